The first-order chi connectivity index (χ1) is 5.45. The summed E-state index contributed by atoms with van der Waals surface area (Å²) in [6.07, 6.45) is -1.93. The number of carbonyl (C=O) groups is 1. The van der Waals surface area contributed by atoms with Crippen molar-refractivity contribution in [3.8, 4) is 0 Å². The van der Waals surface area contributed by atoms with Crippen molar-refractivity contribution in [1.29, 1.82) is 0 Å². The zero-order valence-corrected chi connectivity index (χ0v) is 7.78. The van der Waals surface area contributed by atoms with Crippen LogP contribution in [-0.2, 0) is 18.4 Å². The van der Waals surface area contributed by atoms with Crippen LogP contribution in [0, 0.1) is 0 Å². The molecule has 1 unspecified atom stereocenters. The van der Waals surface area contributed by atoms with Gasteiger partial charge in [-0.2, -0.15) is 0 Å². The molecule has 0 radical (unpaired) electrons. The van der Waals surface area contributed by atoms with E-state index in [1.807, 2.05) is 0 Å². The van der Waals surface area contributed by atoms with Crippen molar-refractivity contribution in [2.75, 3.05) is 20.4 Å². The molecular weight excluding hydrogens is 185 g/mol. The summed E-state index contributed by atoms with van der Waals surface area (Å²) >= 11 is 0. The third kappa shape index (κ3) is 3.32. The van der Waals surface area contributed by atoms with Gasteiger partial charge in [-0.05, 0) is 0 Å². The summed E-state index contributed by atoms with van der Waals surface area (Å²) in [5.41, 5.74) is 4.73. The maximum absolute atomic E-state index is 11.3. The SMILES string of the molecule is COP(=O)(CC(O)C(N)=O)OC. The molecule has 72 valence electrons. The number of nitrogens with two attached hydrogens (primary N) is 1. The van der Waals surface area contributed by atoms with E-state index in [4.69, 9.17) is 10.8 Å². The van der Waals surface area contributed by atoms with Crippen LogP contribution in [0.1, 0.15) is 0 Å². The number of aliphatic hydroxyl groups is 1. The molecule has 1 atom stereocenters. The van der Waals surface area contributed by atoms with Crippen LogP contribution in [0.15, 0.2) is 0 Å². The lowest BCUT2D eigenvalue weighted by Gasteiger charge is -2.15. The molecule has 0 rings (SSSR count). The molecule has 12 heavy (non-hydrogen) atoms. The van der Waals surface area contributed by atoms with Crippen LogP contribution in [0.3, 0.4) is 0 Å². The summed E-state index contributed by atoms with van der Waals surface area (Å²) in [4.78, 5) is 10.3. The quantitative estimate of drug-likeness (QED) is 0.569. The summed E-state index contributed by atoms with van der Waals surface area (Å²) in [6, 6.07) is 0. The molecule has 0 fully saturated rings. The number of hydrogen-bond donors (Lipinski definition) is 2. The molecule has 0 saturated carbocycles. The van der Waals surface area contributed by atoms with Gasteiger partial charge >= 0.3 is 7.60 Å². The molecule has 0 aliphatic carbocycles. The average Bonchev–Trinajstić information content (AvgIpc) is 2.04. The number of primary amides is 1. The van der Waals surface area contributed by atoms with Crippen molar-refractivity contribution in [1.82, 2.24) is 0 Å². The lowest BCUT2D eigenvalue weighted by atomic mass is 10.4. The van der Waals surface area contributed by atoms with Crippen LogP contribution in [0.5, 0.6) is 0 Å². The van der Waals surface area contributed by atoms with E-state index in [1.165, 1.54) is 0 Å². The summed E-state index contributed by atoms with van der Waals surface area (Å²) in [7, 11) is -1.01. The van der Waals surface area contributed by atoms with E-state index in [2.05, 4.69) is 9.05 Å². The Bertz CT molecular complexity index is 198. The number of hydrogen-bond acceptors (Lipinski definition) is 5. The van der Waals surface area contributed by atoms with Crippen LogP contribution in [-0.4, -0.2) is 37.5 Å². The van der Waals surface area contributed by atoms with Crippen LogP contribution in [0.2, 0.25) is 0 Å². The smallest absolute Gasteiger partial charge is 0.333 e. The molecular formula is C5H12NO5P. The van der Waals surface area contributed by atoms with E-state index in [9.17, 15) is 9.36 Å². The minimum absolute atomic E-state index is 0.421. The Balaban J connectivity index is 4.22. The molecule has 1 amide bonds. The highest BCUT2D eigenvalue weighted by molar-refractivity contribution is 7.53. The maximum atomic E-state index is 11.3. The highest BCUT2D eigenvalue weighted by Crippen LogP contribution is 2.46. The van der Waals surface area contributed by atoms with E-state index in [0.717, 1.165) is 14.2 Å². The zero-order chi connectivity index (χ0) is 9.78. The van der Waals surface area contributed by atoms with Gasteiger partial charge in [-0.1, -0.05) is 0 Å². The van der Waals surface area contributed by atoms with Crippen LogP contribution in [0.4, 0.5) is 0 Å². The second-order valence-corrected chi connectivity index (χ2v) is 4.39. The van der Waals surface area contributed by atoms with Gasteiger partial charge in [-0.15, -0.1) is 0 Å². The molecule has 0 spiro atoms. The van der Waals surface area contributed by atoms with Crippen LogP contribution in [0.25, 0.3) is 0 Å². The number of amides is 1. The summed E-state index contributed by atoms with van der Waals surface area (Å²) in [5, 5.41) is 8.92. The Morgan fingerprint density at radius 3 is 2.25 bits per heavy atom. The van der Waals surface area contributed by atoms with Gasteiger partial charge < -0.3 is 19.9 Å². The largest absolute Gasteiger partial charge is 0.383 e. The zero-order valence-electron chi connectivity index (χ0n) is 6.89. The summed E-state index contributed by atoms with van der Waals surface area (Å²) in [6.45, 7) is 0. The van der Waals surface area contributed by atoms with Crippen molar-refractivity contribution in [3.63, 3.8) is 0 Å². The third-order valence-corrected chi connectivity index (χ3v) is 3.19. The molecule has 0 aromatic heterocycles. The lowest BCUT2D eigenvalue weighted by molar-refractivity contribution is -0.125. The number of carbonyl (C=O) groups excluding carboxylic acids is 1. The van der Waals surface area contributed by atoms with Crippen molar-refractivity contribution in [2.45, 2.75) is 6.10 Å². The van der Waals surface area contributed by atoms with Gasteiger partial charge in [0.2, 0.25) is 5.91 Å². The topological polar surface area (TPSA) is 98.9 Å². The van der Waals surface area contributed by atoms with Crippen molar-refractivity contribution >= 4 is 13.5 Å². The minimum Gasteiger partial charge on any atom is -0.383 e. The Morgan fingerprint density at radius 1 is 1.58 bits per heavy atom. The fraction of sp³-hybridized carbons (Fsp3) is 0.800. The fourth-order valence-electron chi connectivity index (χ4n) is 0.525. The predicted molar refractivity (Wildman–Crippen MR) is 41.7 cm³/mol. The van der Waals surface area contributed by atoms with Crippen LogP contribution < -0.4 is 5.73 Å². The van der Waals surface area contributed by atoms with Gasteiger partial charge in [0, 0.05) is 14.2 Å². The van der Waals surface area contributed by atoms with Gasteiger partial charge in [0.25, 0.3) is 0 Å². The van der Waals surface area contributed by atoms with Gasteiger partial charge in [0.1, 0.15) is 6.10 Å². The molecule has 0 bridgehead atoms. The molecule has 7 heteroatoms. The van der Waals surface area contributed by atoms with E-state index >= 15 is 0 Å². The summed E-state index contributed by atoms with van der Waals surface area (Å²) < 4.78 is 20.2. The highest BCUT2D eigenvalue weighted by Gasteiger charge is 2.28. The van der Waals surface area contributed by atoms with Crippen LogP contribution >= 0.6 is 7.60 Å². The summed E-state index contributed by atoms with van der Waals surface area (Å²) in [5.74, 6) is -0.954. The fourth-order valence-corrected chi connectivity index (χ4v) is 1.58. The monoisotopic (exact) mass is 197 g/mol. The van der Waals surface area contributed by atoms with E-state index in [1.54, 1.807) is 0 Å². The molecule has 0 heterocycles. The van der Waals surface area contributed by atoms with Gasteiger partial charge in [0.15, 0.2) is 0 Å². The molecule has 3 N–H and O–H groups in total. The Morgan fingerprint density at radius 2 is 2.00 bits per heavy atom. The second kappa shape index (κ2) is 4.57. The maximum Gasteiger partial charge on any atom is 0.333 e. The molecule has 0 aliphatic heterocycles. The van der Waals surface area contributed by atoms with Crippen molar-refractivity contribution in [2.24, 2.45) is 5.73 Å². The van der Waals surface area contributed by atoms with Crippen molar-refractivity contribution < 1.29 is 23.5 Å². The van der Waals surface area contributed by atoms with E-state index < -0.39 is 25.8 Å². The Kier molecular flexibility index (Phi) is 4.41. The van der Waals surface area contributed by atoms with E-state index in [-0.39, 0.29) is 0 Å². The Hall–Kier alpha value is -0.420. The second-order valence-electron chi connectivity index (χ2n) is 2.08. The van der Waals surface area contributed by atoms with Crippen molar-refractivity contribution in [3.05, 3.63) is 0 Å². The number of rotatable bonds is 5. The van der Waals surface area contributed by atoms with E-state index in [0.29, 0.717) is 0 Å². The Labute approximate surface area is 70.2 Å². The average molecular weight is 197 g/mol. The van der Waals surface area contributed by atoms with Gasteiger partial charge in [-0.25, -0.2) is 0 Å². The number of aliphatic hydroxyl groups excluding tert-OH is 1. The van der Waals surface area contributed by atoms with Gasteiger partial charge in [-0.3, -0.25) is 9.36 Å². The normalized spacial score (nSPS) is 14.2. The standard InChI is InChI=1S/C5H12NO5P/c1-10-12(9,11-2)3-4(7)5(6)8/h4,7H,3H2,1-2H3,(H2,6,8). The molecule has 0 aromatic rings. The lowest BCUT2D eigenvalue weighted by Crippen LogP contribution is -2.31. The highest BCUT2D eigenvalue weighted by atomic mass is 31.2. The van der Waals surface area contributed by atoms with Gasteiger partial charge in [0.05, 0.1) is 6.16 Å². The minimum atomic E-state index is -3.34. The molecule has 6 nitrogen and oxygen atoms in total. The first kappa shape index (κ1) is 11.6. The first-order valence-electron chi connectivity index (χ1n) is 3.13. The first-order valence-corrected chi connectivity index (χ1v) is 4.86. The molecule has 0 aromatic carbocycles. The molecule has 0 saturated heterocycles. The molecule has 0 aliphatic rings. The third-order valence-electron chi connectivity index (χ3n) is 1.28. The predicted octanol–water partition coefficient (Wildman–Crippen LogP) is -0.682.